The van der Waals surface area contributed by atoms with Crippen LogP contribution < -0.4 is 10.1 Å². The van der Waals surface area contributed by atoms with E-state index in [0.717, 1.165) is 15.8 Å². The maximum Gasteiger partial charge on any atom is 0.220 e. The maximum atomic E-state index is 13.8. The Morgan fingerprint density at radius 1 is 1.32 bits per heavy atom. The number of carbonyl (C=O) groups excluding carboxylic acids is 1. The molecule has 5 nitrogen and oxygen atoms in total. The van der Waals surface area contributed by atoms with Gasteiger partial charge < -0.3 is 14.5 Å². The second-order valence-corrected chi connectivity index (χ2v) is 7.14. The largest absolute Gasteiger partial charge is 0.496 e. The summed E-state index contributed by atoms with van der Waals surface area (Å²) in [4.78, 5) is 16.4. The fraction of sp³-hybridized carbons (Fsp3) is 0.238. The number of aromatic nitrogens is 1. The van der Waals surface area contributed by atoms with Gasteiger partial charge in [-0.25, -0.2) is 9.37 Å². The van der Waals surface area contributed by atoms with Gasteiger partial charge in [-0.15, -0.1) is 0 Å². The summed E-state index contributed by atoms with van der Waals surface area (Å²) >= 11 is 3.44. The van der Waals surface area contributed by atoms with Crippen LogP contribution >= 0.6 is 15.9 Å². The van der Waals surface area contributed by atoms with E-state index in [-0.39, 0.29) is 24.2 Å². The van der Waals surface area contributed by atoms with Gasteiger partial charge in [0.25, 0.3) is 0 Å². The summed E-state index contributed by atoms with van der Waals surface area (Å²) in [5.41, 5.74) is 1.31. The van der Waals surface area contributed by atoms with Crippen LogP contribution in [0.4, 0.5) is 4.39 Å². The second kappa shape index (κ2) is 9.01. The van der Waals surface area contributed by atoms with E-state index in [1.165, 1.54) is 12.3 Å². The molecule has 28 heavy (non-hydrogen) atoms. The molecule has 3 aromatic rings. The molecule has 1 aromatic heterocycles. The molecule has 0 spiro atoms. The highest BCUT2D eigenvalue weighted by atomic mass is 79.9. The summed E-state index contributed by atoms with van der Waals surface area (Å²) in [5.74, 6) is 0.988. The van der Waals surface area contributed by atoms with Crippen molar-refractivity contribution in [1.29, 1.82) is 0 Å². The Kier molecular flexibility index (Phi) is 6.46. The Balaban J connectivity index is 1.56. The molecular weight excluding hydrogens is 427 g/mol. The van der Waals surface area contributed by atoms with Crippen LogP contribution in [0.5, 0.6) is 5.75 Å². The van der Waals surface area contributed by atoms with Gasteiger partial charge in [-0.05, 0) is 52.7 Å². The lowest BCUT2D eigenvalue weighted by atomic mass is 10.1. The Bertz CT molecular complexity index is 974. The number of rotatable bonds is 7. The zero-order valence-corrected chi connectivity index (χ0v) is 17.1. The van der Waals surface area contributed by atoms with E-state index < -0.39 is 0 Å². The van der Waals surface area contributed by atoms with Gasteiger partial charge in [0.05, 0.1) is 29.4 Å². The summed E-state index contributed by atoms with van der Waals surface area (Å²) < 4.78 is 25.4. The first-order valence-corrected chi connectivity index (χ1v) is 9.59. The third kappa shape index (κ3) is 4.78. The molecule has 0 saturated carbocycles. The van der Waals surface area contributed by atoms with Crippen LogP contribution in [0.3, 0.4) is 0 Å². The number of nitrogens with zero attached hydrogens (tertiary/aromatic N) is 1. The third-order valence-corrected chi connectivity index (χ3v) is 4.93. The number of hydrogen-bond donors (Lipinski definition) is 1. The minimum Gasteiger partial charge on any atom is -0.496 e. The molecule has 0 aliphatic carbocycles. The molecular formula is C21H20BrFN2O3. The molecule has 0 saturated heterocycles. The fourth-order valence-corrected chi connectivity index (χ4v) is 3.34. The van der Waals surface area contributed by atoms with E-state index >= 15 is 0 Å². The Morgan fingerprint density at radius 3 is 2.82 bits per heavy atom. The van der Waals surface area contributed by atoms with Crippen molar-refractivity contribution in [3.05, 3.63) is 70.4 Å². The standard InChI is InChI=1S/C21H20BrFN2O3/c1-13(14-7-8-18(27-2)16(22)11-14)25-20(26)9-10-21-24-12-19(28-21)15-5-3-4-6-17(15)23/h3-8,11-13H,9-10H2,1-2H3,(H,25,26). The number of ether oxygens (including phenoxy) is 1. The van der Waals surface area contributed by atoms with Crippen LogP contribution in [0.1, 0.15) is 30.8 Å². The molecule has 1 atom stereocenters. The predicted octanol–water partition coefficient (Wildman–Crippen LogP) is 5.06. The monoisotopic (exact) mass is 446 g/mol. The highest BCUT2D eigenvalue weighted by Crippen LogP contribution is 2.28. The van der Waals surface area contributed by atoms with E-state index in [1.807, 2.05) is 25.1 Å². The quantitative estimate of drug-likeness (QED) is 0.550. The number of aryl methyl sites for hydroxylation is 1. The molecule has 0 aliphatic heterocycles. The van der Waals surface area contributed by atoms with E-state index in [9.17, 15) is 9.18 Å². The molecule has 0 radical (unpaired) electrons. The van der Waals surface area contributed by atoms with Crippen molar-refractivity contribution in [2.75, 3.05) is 7.11 Å². The first-order chi connectivity index (χ1) is 13.5. The SMILES string of the molecule is COc1ccc(C(C)NC(=O)CCc2ncc(-c3ccccc3F)o2)cc1Br. The predicted molar refractivity (Wildman–Crippen MR) is 107 cm³/mol. The van der Waals surface area contributed by atoms with E-state index in [1.54, 1.807) is 25.3 Å². The number of oxazole rings is 1. The molecule has 1 amide bonds. The second-order valence-electron chi connectivity index (χ2n) is 6.28. The lowest BCUT2D eigenvalue weighted by Gasteiger charge is -2.15. The van der Waals surface area contributed by atoms with Crippen molar-refractivity contribution in [3.63, 3.8) is 0 Å². The molecule has 0 fully saturated rings. The van der Waals surface area contributed by atoms with Gasteiger partial charge in [-0.1, -0.05) is 18.2 Å². The van der Waals surface area contributed by atoms with Crippen molar-refractivity contribution < 1.29 is 18.3 Å². The van der Waals surface area contributed by atoms with Crippen LogP contribution in [-0.2, 0) is 11.2 Å². The van der Waals surface area contributed by atoms with E-state index in [0.29, 0.717) is 23.6 Å². The van der Waals surface area contributed by atoms with Gasteiger partial charge >= 0.3 is 0 Å². The van der Waals surface area contributed by atoms with Crippen LogP contribution in [-0.4, -0.2) is 18.0 Å². The highest BCUT2D eigenvalue weighted by molar-refractivity contribution is 9.10. The maximum absolute atomic E-state index is 13.8. The van der Waals surface area contributed by atoms with Gasteiger partial charge in [-0.2, -0.15) is 0 Å². The van der Waals surface area contributed by atoms with Crippen LogP contribution in [0, 0.1) is 5.82 Å². The summed E-state index contributed by atoms with van der Waals surface area (Å²) in [7, 11) is 1.60. The molecule has 0 aliphatic rings. The summed E-state index contributed by atoms with van der Waals surface area (Å²) in [6.07, 6.45) is 2.03. The minimum absolute atomic E-state index is 0.120. The molecule has 146 valence electrons. The van der Waals surface area contributed by atoms with Crippen LogP contribution in [0.2, 0.25) is 0 Å². The van der Waals surface area contributed by atoms with Crippen LogP contribution in [0.15, 0.2) is 57.6 Å². The van der Waals surface area contributed by atoms with Crippen LogP contribution in [0.25, 0.3) is 11.3 Å². The first-order valence-electron chi connectivity index (χ1n) is 8.80. The van der Waals surface area contributed by atoms with Crippen molar-refractivity contribution in [2.24, 2.45) is 0 Å². The van der Waals surface area contributed by atoms with Crippen molar-refractivity contribution in [2.45, 2.75) is 25.8 Å². The van der Waals surface area contributed by atoms with Gasteiger partial charge in [0, 0.05) is 12.8 Å². The zero-order valence-electron chi connectivity index (χ0n) is 15.5. The van der Waals surface area contributed by atoms with E-state index in [2.05, 4.69) is 26.2 Å². The average molecular weight is 447 g/mol. The zero-order chi connectivity index (χ0) is 20.1. The number of hydrogen-bond acceptors (Lipinski definition) is 4. The fourth-order valence-electron chi connectivity index (χ4n) is 2.78. The van der Waals surface area contributed by atoms with Gasteiger partial charge in [0.2, 0.25) is 5.91 Å². The highest BCUT2D eigenvalue weighted by Gasteiger charge is 2.14. The molecule has 7 heteroatoms. The number of benzene rings is 2. The summed E-state index contributed by atoms with van der Waals surface area (Å²) in [5, 5.41) is 2.95. The van der Waals surface area contributed by atoms with E-state index in [4.69, 9.17) is 9.15 Å². The molecule has 1 unspecified atom stereocenters. The van der Waals surface area contributed by atoms with Crippen molar-refractivity contribution in [1.82, 2.24) is 10.3 Å². The molecule has 2 aromatic carbocycles. The first kappa shape index (κ1) is 20.1. The molecule has 1 heterocycles. The lowest BCUT2D eigenvalue weighted by Crippen LogP contribution is -2.26. The smallest absolute Gasteiger partial charge is 0.220 e. The Hall–Kier alpha value is -2.67. The number of methoxy groups -OCH3 is 1. The lowest BCUT2D eigenvalue weighted by molar-refractivity contribution is -0.121. The summed E-state index contributed by atoms with van der Waals surface area (Å²) in [6, 6.07) is 11.8. The third-order valence-electron chi connectivity index (χ3n) is 4.31. The summed E-state index contributed by atoms with van der Waals surface area (Å²) in [6.45, 7) is 1.91. The molecule has 1 N–H and O–H groups in total. The molecule has 3 rings (SSSR count). The van der Waals surface area contributed by atoms with Gasteiger partial charge in [0.1, 0.15) is 11.6 Å². The number of amides is 1. The van der Waals surface area contributed by atoms with Crippen molar-refractivity contribution in [3.8, 4) is 17.1 Å². The normalized spacial score (nSPS) is 11.9. The topological polar surface area (TPSA) is 64.4 Å². The Labute approximate surface area is 171 Å². The molecule has 0 bridgehead atoms. The number of carbonyl (C=O) groups is 1. The number of nitrogens with one attached hydrogen (secondary N) is 1. The van der Waals surface area contributed by atoms with Crippen molar-refractivity contribution >= 4 is 21.8 Å². The average Bonchev–Trinajstić information content (AvgIpc) is 3.15. The van der Waals surface area contributed by atoms with Gasteiger partial charge in [-0.3, -0.25) is 4.79 Å². The van der Waals surface area contributed by atoms with Gasteiger partial charge in [0.15, 0.2) is 11.7 Å². The minimum atomic E-state index is -0.373. The Morgan fingerprint density at radius 2 is 2.11 bits per heavy atom. The number of halogens is 2.